The molecule has 0 bridgehead atoms. The Morgan fingerprint density at radius 1 is 0.935 bits per heavy atom. The van der Waals surface area contributed by atoms with Crippen LogP contribution in [0, 0.1) is 11.8 Å². The molecule has 1 unspecified atom stereocenters. The molecule has 6 heteroatoms. The van der Waals surface area contributed by atoms with Crippen LogP contribution in [-0.2, 0) is 13.0 Å². The molecule has 0 spiro atoms. The summed E-state index contributed by atoms with van der Waals surface area (Å²) >= 11 is 0. The molecule has 0 radical (unpaired) electrons. The first kappa shape index (κ1) is 21.2. The summed E-state index contributed by atoms with van der Waals surface area (Å²) in [5, 5.41) is 0. The van der Waals surface area contributed by atoms with Crippen molar-refractivity contribution in [2.45, 2.75) is 58.5 Å². The van der Waals surface area contributed by atoms with Gasteiger partial charge in [-0.1, -0.05) is 30.3 Å². The predicted molar refractivity (Wildman–Crippen MR) is 122 cm³/mol. The lowest BCUT2D eigenvalue weighted by atomic mass is 9.77. The molecule has 1 aromatic carbocycles. The number of rotatable bonds is 6. The van der Waals surface area contributed by atoms with Gasteiger partial charge in [0.2, 0.25) is 0 Å². The van der Waals surface area contributed by atoms with E-state index in [2.05, 4.69) is 16.9 Å². The molecule has 0 aliphatic heterocycles. The van der Waals surface area contributed by atoms with Gasteiger partial charge in [-0.3, -0.25) is 18.7 Å². The van der Waals surface area contributed by atoms with Gasteiger partial charge >= 0.3 is 0 Å². The lowest BCUT2D eigenvalue weighted by molar-refractivity contribution is 0.210. The molecule has 3 aromatic rings. The van der Waals surface area contributed by atoms with Crippen LogP contribution >= 0.6 is 0 Å². The van der Waals surface area contributed by atoms with E-state index in [0.29, 0.717) is 18.4 Å². The number of benzene rings is 1. The second-order valence-corrected chi connectivity index (χ2v) is 8.51. The summed E-state index contributed by atoms with van der Waals surface area (Å²) in [5.74, 6) is 2.58. The van der Waals surface area contributed by atoms with Crippen LogP contribution in [0.15, 0.2) is 64.4 Å². The zero-order chi connectivity index (χ0) is 21.8. The van der Waals surface area contributed by atoms with E-state index in [1.807, 2.05) is 41.8 Å². The van der Waals surface area contributed by atoms with Gasteiger partial charge in [-0.2, -0.15) is 0 Å². The molecular formula is C25H30N4O2. The summed E-state index contributed by atoms with van der Waals surface area (Å²) in [5.41, 5.74) is 0.997. The fraction of sp³-hybridized carbons (Fsp3) is 0.440. The standard InChI is InChI=1S/C25H30N4O2/c1-3-28-22(26-15-13-23(28)30)17-19-9-11-20(12-10-19)18(2)29-24(31)14-16-27-25(29)21-7-5-4-6-8-21/h4-8,13-16,18-20H,3,9-12,17H2,1-2H3. The van der Waals surface area contributed by atoms with Gasteiger partial charge in [0, 0.05) is 49.1 Å². The molecule has 6 nitrogen and oxygen atoms in total. The summed E-state index contributed by atoms with van der Waals surface area (Å²) in [6, 6.07) is 13.1. The molecule has 1 atom stereocenters. The van der Waals surface area contributed by atoms with Gasteiger partial charge < -0.3 is 0 Å². The highest BCUT2D eigenvalue weighted by atomic mass is 16.1. The minimum absolute atomic E-state index is 0.00363. The number of hydrogen-bond acceptors (Lipinski definition) is 4. The Hall–Kier alpha value is -3.02. The SMILES string of the molecule is CCn1c(CC2CCC(C(C)n3c(-c4ccccc4)nccc3=O)CC2)nccc1=O. The summed E-state index contributed by atoms with van der Waals surface area (Å²) in [7, 11) is 0. The Morgan fingerprint density at radius 3 is 2.32 bits per heavy atom. The van der Waals surface area contributed by atoms with Gasteiger partial charge in [0.25, 0.3) is 11.1 Å². The van der Waals surface area contributed by atoms with E-state index >= 15 is 0 Å². The van der Waals surface area contributed by atoms with E-state index in [1.165, 1.54) is 6.07 Å². The Labute approximate surface area is 182 Å². The maximum atomic E-state index is 12.8. The van der Waals surface area contributed by atoms with Gasteiger partial charge in [-0.15, -0.1) is 0 Å². The summed E-state index contributed by atoms with van der Waals surface area (Å²) in [6.07, 6.45) is 8.35. The van der Waals surface area contributed by atoms with Crippen LogP contribution < -0.4 is 11.1 Å². The second kappa shape index (κ2) is 9.41. The molecular weight excluding hydrogens is 388 g/mol. The van der Waals surface area contributed by atoms with Crippen molar-refractivity contribution < 1.29 is 0 Å². The molecule has 1 saturated carbocycles. The smallest absolute Gasteiger partial charge is 0.253 e. The fourth-order valence-corrected chi connectivity index (χ4v) is 4.93. The van der Waals surface area contributed by atoms with E-state index in [9.17, 15) is 9.59 Å². The van der Waals surface area contributed by atoms with E-state index < -0.39 is 0 Å². The topological polar surface area (TPSA) is 69.8 Å². The molecule has 162 valence electrons. The number of hydrogen-bond donors (Lipinski definition) is 0. The van der Waals surface area contributed by atoms with Crippen LogP contribution in [0.4, 0.5) is 0 Å². The first-order chi connectivity index (χ1) is 15.1. The molecule has 0 amide bonds. The van der Waals surface area contributed by atoms with Crippen molar-refractivity contribution in [2.24, 2.45) is 11.8 Å². The van der Waals surface area contributed by atoms with Gasteiger partial charge in [0.1, 0.15) is 11.6 Å². The van der Waals surface area contributed by atoms with Crippen LogP contribution in [0.25, 0.3) is 11.4 Å². The molecule has 0 N–H and O–H groups in total. The van der Waals surface area contributed by atoms with Crippen molar-refractivity contribution in [3.8, 4) is 11.4 Å². The molecule has 1 aliphatic carbocycles. The van der Waals surface area contributed by atoms with Crippen molar-refractivity contribution in [2.75, 3.05) is 0 Å². The first-order valence-electron chi connectivity index (χ1n) is 11.3. The van der Waals surface area contributed by atoms with Crippen LogP contribution in [0.3, 0.4) is 0 Å². The Bertz CT molecular complexity index is 1130. The van der Waals surface area contributed by atoms with E-state index in [0.717, 1.165) is 49.3 Å². The molecule has 4 rings (SSSR count). The van der Waals surface area contributed by atoms with Gasteiger partial charge in [0.05, 0.1) is 0 Å². The van der Waals surface area contributed by atoms with Crippen molar-refractivity contribution in [3.05, 3.63) is 81.4 Å². The van der Waals surface area contributed by atoms with Crippen LogP contribution in [0.1, 0.15) is 51.4 Å². The van der Waals surface area contributed by atoms with Gasteiger partial charge in [-0.05, 0) is 51.4 Å². The molecule has 1 aliphatic rings. The van der Waals surface area contributed by atoms with Gasteiger partial charge in [0.15, 0.2) is 0 Å². The van der Waals surface area contributed by atoms with Crippen LogP contribution in [-0.4, -0.2) is 19.1 Å². The third kappa shape index (κ3) is 4.53. The maximum absolute atomic E-state index is 12.8. The quantitative estimate of drug-likeness (QED) is 0.604. The Kier molecular flexibility index (Phi) is 6.44. The van der Waals surface area contributed by atoms with Crippen molar-refractivity contribution in [1.82, 2.24) is 19.1 Å². The fourth-order valence-electron chi connectivity index (χ4n) is 4.93. The minimum atomic E-state index is 0.00363. The number of nitrogens with zero attached hydrogens (tertiary/aromatic N) is 4. The van der Waals surface area contributed by atoms with Gasteiger partial charge in [-0.25, -0.2) is 9.97 Å². The minimum Gasteiger partial charge on any atom is -0.297 e. The van der Waals surface area contributed by atoms with Crippen LogP contribution in [0.5, 0.6) is 0 Å². The van der Waals surface area contributed by atoms with Crippen LogP contribution in [0.2, 0.25) is 0 Å². The highest BCUT2D eigenvalue weighted by Gasteiger charge is 2.28. The Morgan fingerprint density at radius 2 is 1.61 bits per heavy atom. The lowest BCUT2D eigenvalue weighted by Gasteiger charge is -2.34. The monoisotopic (exact) mass is 418 g/mol. The normalized spacial score (nSPS) is 19.8. The summed E-state index contributed by atoms with van der Waals surface area (Å²) in [6.45, 7) is 4.79. The molecule has 31 heavy (non-hydrogen) atoms. The summed E-state index contributed by atoms with van der Waals surface area (Å²) in [4.78, 5) is 33.9. The average molecular weight is 419 g/mol. The third-order valence-corrected chi connectivity index (χ3v) is 6.70. The van der Waals surface area contributed by atoms with Crippen molar-refractivity contribution in [1.29, 1.82) is 0 Å². The highest BCUT2D eigenvalue weighted by molar-refractivity contribution is 5.54. The maximum Gasteiger partial charge on any atom is 0.253 e. The number of aromatic nitrogens is 4. The zero-order valence-electron chi connectivity index (χ0n) is 18.3. The molecule has 2 aromatic heterocycles. The lowest BCUT2D eigenvalue weighted by Crippen LogP contribution is -2.32. The average Bonchev–Trinajstić information content (AvgIpc) is 2.80. The van der Waals surface area contributed by atoms with E-state index in [1.54, 1.807) is 23.0 Å². The molecule has 2 heterocycles. The second-order valence-electron chi connectivity index (χ2n) is 8.51. The van der Waals surface area contributed by atoms with E-state index in [4.69, 9.17) is 0 Å². The zero-order valence-corrected chi connectivity index (χ0v) is 18.3. The van der Waals surface area contributed by atoms with Crippen molar-refractivity contribution in [3.63, 3.8) is 0 Å². The highest BCUT2D eigenvalue weighted by Crippen LogP contribution is 2.37. The largest absolute Gasteiger partial charge is 0.297 e. The predicted octanol–water partition coefficient (Wildman–Crippen LogP) is 4.10. The Balaban J connectivity index is 1.49. The summed E-state index contributed by atoms with van der Waals surface area (Å²) < 4.78 is 3.64. The molecule has 1 fully saturated rings. The van der Waals surface area contributed by atoms with Crippen molar-refractivity contribution >= 4 is 0 Å². The first-order valence-corrected chi connectivity index (χ1v) is 11.3. The molecule has 0 saturated heterocycles. The van der Waals surface area contributed by atoms with E-state index in [-0.39, 0.29) is 17.2 Å². The third-order valence-electron chi connectivity index (χ3n) is 6.70.